The Hall–Kier alpha value is -1.66. The van der Waals surface area contributed by atoms with Crippen molar-refractivity contribution in [3.05, 3.63) is 9.81 Å². The third-order valence-electron chi connectivity index (χ3n) is 0.324. The minimum Gasteiger partial charge on any atom is -0.352 e. The number of carbonyl (C=O) groups is 2. The zero-order chi connectivity index (χ0) is 7.28. The number of nitrogens with zero attached hydrogens (tertiary/aromatic N) is 2. The van der Waals surface area contributed by atoms with E-state index in [2.05, 4.69) is 4.74 Å². The first-order valence-corrected chi connectivity index (χ1v) is 1.63. The summed E-state index contributed by atoms with van der Waals surface area (Å²) in [4.78, 5) is 37.6. The molecule has 7 heteroatoms. The van der Waals surface area contributed by atoms with Crippen LogP contribution in [0.1, 0.15) is 0 Å². The number of rotatable bonds is 0. The van der Waals surface area contributed by atoms with Crippen molar-refractivity contribution < 1.29 is 14.3 Å². The summed E-state index contributed by atoms with van der Waals surface area (Å²) < 4.78 is 3.31. The predicted molar refractivity (Wildman–Crippen MR) is 23.5 cm³/mol. The lowest BCUT2D eigenvalue weighted by atomic mass is 11.1. The molecule has 0 aromatic heterocycles. The summed E-state index contributed by atoms with van der Waals surface area (Å²) in [7, 11) is 0. The molecule has 0 aromatic carbocycles. The lowest BCUT2D eigenvalue weighted by molar-refractivity contribution is 0.164. The van der Waals surface area contributed by atoms with Gasteiger partial charge in [0.15, 0.2) is 0 Å². The fraction of sp³-hybridized carbons (Fsp3) is 0. The van der Waals surface area contributed by atoms with Crippen LogP contribution >= 0.6 is 0 Å². The normalized spacial score (nSPS) is 7.56. The second kappa shape index (κ2) is 3.36. The van der Waals surface area contributed by atoms with Gasteiger partial charge in [-0.3, -0.25) is 0 Å². The Morgan fingerprint density at radius 1 is 1.00 bits per heavy atom. The average molecular weight is 132 g/mol. The van der Waals surface area contributed by atoms with E-state index in [-0.39, 0.29) is 0 Å². The molecular formula is C2N2O5. The zero-order valence-corrected chi connectivity index (χ0v) is 3.94. The van der Waals surface area contributed by atoms with Gasteiger partial charge in [0, 0.05) is 0 Å². The van der Waals surface area contributed by atoms with Crippen LogP contribution in [0.15, 0.2) is 10.4 Å². The lowest BCUT2D eigenvalue weighted by Gasteiger charge is -1.82. The van der Waals surface area contributed by atoms with Crippen molar-refractivity contribution in [3.8, 4) is 0 Å². The van der Waals surface area contributed by atoms with Gasteiger partial charge in [0.1, 0.15) is 0 Å². The first kappa shape index (κ1) is 7.34. The van der Waals surface area contributed by atoms with Gasteiger partial charge in [-0.05, 0) is 0 Å². The number of hydrogen-bond donors (Lipinski definition) is 0. The molecule has 0 atom stereocenters. The molecule has 0 saturated carbocycles. The highest BCUT2D eigenvalue weighted by molar-refractivity contribution is 5.84. The SMILES string of the molecule is O=NC(=O)OC(=O)N=O. The quantitative estimate of drug-likeness (QED) is 0.357. The summed E-state index contributed by atoms with van der Waals surface area (Å²) in [6.07, 6.45) is -3.36. The number of nitroso groups, excluding NO2 is 2. The van der Waals surface area contributed by atoms with Gasteiger partial charge < -0.3 is 4.74 Å². The van der Waals surface area contributed by atoms with Crippen LogP contribution in [0.25, 0.3) is 0 Å². The van der Waals surface area contributed by atoms with E-state index in [1.54, 1.807) is 10.4 Å². The van der Waals surface area contributed by atoms with Crippen molar-refractivity contribution in [2.24, 2.45) is 10.4 Å². The highest BCUT2D eigenvalue weighted by Gasteiger charge is 2.08. The maximum atomic E-state index is 9.66. The molecule has 0 spiro atoms. The summed E-state index contributed by atoms with van der Waals surface area (Å²) in [5.41, 5.74) is 0. The Kier molecular flexibility index (Phi) is 2.74. The molecule has 0 saturated heterocycles. The second-order valence-corrected chi connectivity index (χ2v) is 0.816. The minimum absolute atomic E-state index is 1.65. The van der Waals surface area contributed by atoms with E-state index in [4.69, 9.17) is 9.81 Å². The van der Waals surface area contributed by atoms with Gasteiger partial charge in [-0.25, -0.2) is 9.59 Å². The fourth-order valence-corrected chi connectivity index (χ4v) is 0.112. The first-order valence-electron chi connectivity index (χ1n) is 1.63. The van der Waals surface area contributed by atoms with Gasteiger partial charge in [0.2, 0.25) is 0 Å². The van der Waals surface area contributed by atoms with E-state index in [0.29, 0.717) is 0 Å². The maximum absolute atomic E-state index is 9.66. The van der Waals surface area contributed by atoms with E-state index >= 15 is 0 Å². The van der Waals surface area contributed by atoms with Gasteiger partial charge >= 0.3 is 12.2 Å². The van der Waals surface area contributed by atoms with Gasteiger partial charge in [0.25, 0.3) is 0 Å². The van der Waals surface area contributed by atoms with Crippen molar-refractivity contribution in [1.82, 2.24) is 0 Å². The highest BCUT2D eigenvalue weighted by atomic mass is 16.6. The summed E-state index contributed by atoms with van der Waals surface area (Å²) in [5, 5.41) is 3.29. The molecule has 0 rings (SSSR count). The summed E-state index contributed by atoms with van der Waals surface area (Å²) >= 11 is 0. The lowest BCUT2D eigenvalue weighted by Crippen LogP contribution is -2.02. The monoisotopic (exact) mass is 132 g/mol. The third-order valence-corrected chi connectivity index (χ3v) is 0.324. The molecule has 0 fully saturated rings. The van der Waals surface area contributed by atoms with Crippen LogP contribution in [0, 0.1) is 9.81 Å². The number of hydrogen-bond acceptors (Lipinski definition) is 5. The Labute approximate surface area is 47.9 Å². The van der Waals surface area contributed by atoms with Crippen LogP contribution in [0.3, 0.4) is 0 Å². The zero-order valence-electron chi connectivity index (χ0n) is 3.94. The smallest absolute Gasteiger partial charge is 0.352 e. The highest BCUT2D eigenvalue weighted by Crippen LogP contribution is 1.85. The largest absolute Gasteiger partial charge is 0.479 e. The standard InChI is InChI=1S/C2N2O5/c5-1(3-7)9-2(6)4-8. The first-order chi connectivity index (χ1) is 4.20. The van der Waals surface area contributed by atoms with Crippen LogP contribution < -0.4 is 0 Å². The fourth-order valence-electron chi connectivity index (χ4n) is 0.112. The average Bonchev–Trinajstić information content (AvgIpc) is 1.87. The molecule has 0 N–H and O–H groups in total. The summed E-state index contributed by atoms with van der Waals surface area (Å²) in [5.74, 6) is 0. The van der Waals surface area contributed by atoms with Crippen LogP contribution in [-0.2, 0) is 4.74 Å². The molecular weight excluding hydrogens is 132 g/mol. The van der Waals surface area contributed by atoms with Crippen LogP contribution in [0.2, 0.25) is 0 Å². The Morgan fingerprint density at radius 3 is 1.56 bits per heavy atom. The van der Waals surface area contributed by atoms with Crippen molar-refractivity contribution in [2.45, 2.75) is 0 Å². The molecule has 0 unspecified atom stereocenters. The number of amides is 2. The van der Waals surface area contributed by atoms with Gasteiger partial charge in [-0.2, -0.15) is 0 Å². The van der Waals surface area contributed by atoms with Crippen molar-refractivity contribution in [3.63, 3.8) is 0 Å². The Balaban J connectivity index is 3.73. The number of carbonyl (C=O) groups excluding carboxylic acids is 2. The molecule has 0 radical (unpaired) electrons. The van der Waals surface area contributed by atoms with E-state index < -0.39 is 12.2 Å². The molecule has 0 heterocycles. The molecule has 0 aromatic rings. The summed E-state index contributed by atoms with van der Waals surface area (Å²) in [6, 6.07) is 0. The van der Waals surface area contributed by atoms with E-state index in [1.165, 1.54) is 0 Å². The summed E-state index contributed by atoms with van der Waals surface area (Å²) in [6.45, 7) is 0. The molecule has 48 valence electrons. The van der Waals surface area contributed by atoms with E-state index in [9.17, 15) is 9.59 Å². The minimum atomic E-state index is -1.68. The van der Waals surface area contributed by atoms with Crippen molar-refractivity contribution in [2.75, 3.05) is 0 Å². The van der Waals surface area contributed by atoms with Crippen LogP contribution in [-0.4, -0.2) is 12.2 Å². The molecule has 0 bridgehead atoms. The molecule has 0 aliphatic carbocycles. The topological polar surface area (TPSA) is 102 Å². The molecule has 2 amide bonds. The third kappa shape index (κ3) is 2.97. The van der Waals surface area contributed by atoms with Gasteiger partial charge in [-0.15, -0.1) is 9.81 Å². The second-order valence-electron chi connectivity index (χ2n) is 0.816. The van der Waals surface area contributed by atoms with Crippen molar-refractivity contribution in [1.29, 1.82) is 0 Å². The maximum Gasteiger partial charge on any atom is 0.479 e. The molecule has 0 aliphatic heterocycles. The van der Waals surface area contributed by atoms with E-state index in [1.807, 2.05) is 0 Å². The number of ether oxygens (including phenoxy) is 1. The van der Waals surface area contributed by atoms with E-state index in [0.717, 1.165) is 0 Å². The predicted octanol–water partition coefficient (Wildman–Crippen LogP) is 0.776. The molecule has 0 aliphatic rings. The Morgan fingerprint density at radius 2 is 1.33 bits per heavy atom. The van der Waals surface area contributed by atoms with Gasteiger partial charge in [0.05, 0.1) is 10.4 Å². The molecule has 9 heavy (non-hydrogen) atoms. The van der Waals surface area contributed by atoms with Crippen LogP contribution in [0.5, 0.6) is 0 Å². The van der Waals surface area contributed by atoms with Crippen LogP contribution in [0.4, 0.5) is 9.59 Å². The molecule has 7 nitrogen and oxygen atoms in total. The van der Waals surface area contributed by atoms with Gasteiger partial charge in [-0.1, -0.05) is 0 Å². The van der Waals surface area contributed by atoms with Crippen molar-refractivity contribution >= 4 is 12.2 Å². The Bertz CT molecular complexity index is 144.